The van der Waals surface area contributed by atoms with Gasteiger partial charge < -0.3 is 5.11 Å². The van der Waals surface area contributed by atoms with Crippen LogP contribution in [0.15, 0.2) is 29.2 Å². The molecular weight excluding hydrogens is 278 g/mol. The second kappa shape index (κ2) is 6.85. The third kappa shape index (κ3) is 4.61. The molecule has 0 amide bonds. The first kappa shape index (κ1) is 16.7. The number of carbonyl (C=O) groups is 1. The van der Waals surface area contributed by atoms with Gasteiger partial charge in [-0.15, -0.1) is 0 Å². The standard InChI is InChI=1S/C14H21NO4S/c1-4-13(10(2)3)15-20(18,19)12-7-5-11(6-8-12)9-14(16)17/h5-8,10,13,15H,4,9H2,1-3H3,(H,16,17). The van der Waals surface area contributed by atoms with Crippen molar-refractivity contribution in [1.82, 2.24) is 4.72 Å². The number of rotatable bonds is 7. The molecule has 20 heavy (non-hydrogen) atoms. The van der Waals surface area contributed by atoms with E-state index in [1.807, 2.05) is 20.8 Å². The van der Waals surface area contributed by atoms with Gasteiger partial charge in [0.1, 0.15) is 0 Å². The number of aliphatic carboxylic acids is 1. The van der Waals surface area contributed by atoms with E-state index in [-0.39, 0.29) is 23.3 Å². The molecule has 6 heteroatoms. The number of nitrogens with one attached hydrogen (secondary N) is 1. The molecule has 1 unspecified atom stereocenters. The quantitative estimate of drug-likeness (QED) is 0.807. The van der Waals surface area contributed by atoms with Crippen LogP contribution in [-0.4, -0.2) is 25.5 Å². The zero-order valence-electron chi connectivity index (χ0n) is 12.0. The molecule has 0 aliphatic carbocycles. The third-order valence-corrected chi connectivity index (χ3v) is 4.65. The van der Waals surface area contributed by atoms with Gasteiger partial charge in [-0.25, -0.2) is 13.1 Å². The first-order valence-corrected chi connectivity index (χ1v) is 8.07. The highest BCUT2D eigenvalue weighted by atomic mass is 32.2. The molecule has 1 aromatic rings. The summed E-state index contributed by atoms with van der Waals surface area (Å²) in [5.41, 5.74) is 0.576. The van der Waals surface area contributed by atoms with Crippen LogP contribution >= 0.6 is 0 Å². The maximum Gasteiger partial charge on any atom is 0.307 e. The molecule has 0 aromatic heterocycles. The van der Waals surface area contributed by atoms with Crippen molar-refractivity contribution in [3.8, 4) is 0 Å². The topological polar surface area (TPSA) is 83.5 Å². The smallest absolute Gasteiger partial charge is 0.307 e. The molecule has 0 saturated heterocycles. The van der Waals surface area contributed by atoms with Crippen molar-refractivity contribution in [3.05, 3.63) is 29.8 Å². The van der Waals surface area contributed by atoms with Crippen LogP contribution in [0.1, 0.15) is 32.8 Å². The lowest BCUT2D eigenvalue weighted by Crippen LogP contribution is -2.37. The SMILES string of the molecule is CCC(NS(=O)(=O)c1ccc(CC(=O)O)cc1)C(C)C. The Kier molecular flexibility index (Phi) is 5.71. The van der Waals surface area contributed by atoms with E-state index in [4.69, 9.17) is 5.11 Å². The number of sulfonamides is 1. The predicted octanol–water partition coefficient (Wildman–Crippen LogP) is 2.03. The van der Waals surface area contributed by atoms with Crippen molar-refractivity contribution in [2.24, 2.45) is 5.92 Å². The lowest BCUT2D eigenvalue weighted by molar-refractivity contribution is -0.136. The Hall–Kier alpha value is -1.40. The van der Waals surface area contributed by atoms with E-state index in [1.54, 1.807) is 0 Å². The van der Waals surface area contributed by atoms with Crippen molar-refractivity contribution in [1.29, 1.82) is 0 Å². The Morgan fingerprint density at radius 1 is 1.25 bits per heavy atom. The lowest BCUT2D eigenvalue weighted by Gasteiger charge is -2.20. The van der Waals surface area contributed by atoms with Crippen LogP contribution in [0.4, 0.5) is 0 Å². The second-order valence-corrected chi connectivity index (χ2v) is 6.81. The van der Waals surface area contributed by atoms with Crippen molar-refractivity contribution >= 4 is 16.0 Å². The molecule has 2 N–H and O–H groups in total. The third-order valence-electron chi connectivity index (χ3n) is 3.14. The van der Waals surface area contributed by atoms with E-state index >= 15 is 0 Å². The van der Waals surface area contributed by atoms with Crippen molar-refractivity contribution in [2.45, 2.75) is 44.6 Å². The first-order chi connectivity index (χ1) is 9.26. The summed E-state index contributed by atoms with van der Waals surface area (Å²) >= 11 is 0. The number of hydrogen-bond acceptors (Lipinski definition) is 3. The number of carboxylic acids is 1. The molecule has 0 aliphatic rings. The molecule has 0 bridgehead atoms. The Morgan fingerprint density at radius 2 is 1.80 bits per heavy atom. The van der Waals surface area contributed by atoms with Gasteiger partial charge in [0.25, 0.3) is 0 Å². The van der Waals surface area contributed by atoms with Crippen molar-refractivity contribution < 1.29 is 18.3 Å². The summed E-state index contributed by atoms with van der Waals surface area (Å²) in [6, 6.07) is 5.82. The summed E-state index contributed by atoms with van der Waals surface area (Å²) < 4.78 is 27.1. The van der Waals surface area contributed by atoms with Crippen LogP contribution < -0.4 is 4.72 Å². The second-order valence-electron chi connectivity index (χ2n) is 5.09. The highest BCUT2D eigenvalue weighted by molar-refractivity contribution is 7.89. The Morgan fingerprint density at radius 3 is 2.20 bits per heavy atom. The van der Waals surface area contributed by atoms with Gasteiger partial charge in [0.2, 0.25) is 10.0 Å². The van der Waals surface area contributed by atoms with Gasteiger partial charge in [-0.3, -0.25) is 4.79 Å². The van der Waals surface area contributed by atoms with Gasteiger partial charge in [0.05, 0.1) is 11.3 Å². The zero-order valence-corrected chi connectivity index (χ0v) is 12.8. The van der Waals surface area contributed by atoms with Crippen molar-refractivity contribution in [3.63, 3.8) is 0 Å². The van der Waals surface area contributed by atoms with E-state index in [9.17, 15) is 13.2 Å². The van der Waals surface area contributed by atoms with E-state index in [0.717, 1.165) is 0 Å². The molecule has 0 radical (unpaired) electrons. The van der Waals surface area contributed by atoms with Gasteiger partial charge in [-0.1, -0.05) is 32.9 Å². The Balaban J connectivity index is 2.90. The summed E-state index contributed by atoms with van der Waals surface area (Å²) in [5.74, 6) is -0.731. The van der Waals surface area contributed by atoms with E-state index in [0.29, 0.717) is 12.0 Å². The summed E-state index contributed by atoms with van der Waals surface area (Å²) in [6.45, 7) is 5.86. The summed E-state index contributed by atoms with van der Waals surface area (Å²) in [4.78, 5) is 10.7. The fourth-order valence-corrected chi connectivity index (χ4v) is 3.39. The van der Waals surface area contributed by atoms with Crippen LogP contribution in [0, 0.1) is 5.92 Å². The molecular formula is C14H21NO4S. The maximum absolute atomic E-state index is 12.2. The minimum atomic E-state index is -3.56. The van der Waals surface area contributed by atoms with Gasteiger partial charge in [-0.05, 0) is 30.0 Å². The van der Waals surface area contributed by atoms with Crippen LogP contribution in [0.2, 0.25) is 0 Å². The summed E-state index contributed by atoms with van der Waals surface area (Å²) in [5, 5.41) is 8.68. The van der Waals surface area contributed by atoms with Crippen LogP contribution in [0.25, 0.3) is 0 Å². The highest BCUT2D eigenvalue weighted by Crippen LogP contribution is 2.14. The van der Waals surface area contributed by atoms with Crippen LogP contribution in [0.3, 0.4) is 0 Å². The van der Waals surface area contributed by atoms with Gasteiger partial charge in [-0.2, -0.15) is 0 Å². The zero-order chi connectivity index (χ0) is 15.3. The maximum atomic E-state index is 12.2. The van der Waals surface area contributed by atoms with Gasteiger partial charge in [0, 0.05) is 6.04 Å². The molecule has 1 rings (SSSR count). The number of benzene rings is 1. The Bertz CT molecular complexity index is 549. The highest BCUT2D eigenvalue weighted by Gasteiger charge is 2.21. The van der Waals surface area contributed by atoms with Gasteiger partial charge >= 0.3 is 5.97 Å². The number of hydrogen-bond donors (Lipinski definition) is 2. The molecule has 1 aromatic carbocycles. The fraction of sp³-hybridized carbons (Fsp3) is 0.500. The molecule has 0 saturated carbocycles. The monoisotopic (exact) mass is 299 g/mol. The lowest BCUT2D eigenvalue weighted by atomic mass is 10.0. The van der Waals surface area contributed by atoms with E-state index in [2.05, 4.69) is 4.72 Å². The molecule has 1 atom stereocenters. The normalized spacial score (nSPS) is 13.4. The number of carboxylic acid groups (broad SMARTS) is 1. The molecule has 112 valence electrons. The largest absolute Gasteiger partial charge is 0.481 e. The molecule has 0 fully saturated rings. The average molecular weight is 299 g/mol. The molecule has 5 nitrogen and oxygen atoms in total. The van der Waals surface area contributed by atoms with E-state index in [1.165, 1.54) is 24.3 Å². The van der Waals surface area contributed by atoms with Crippen molar-refractivity contribution in [2.75, 3.05) is 0 Å². The Labute approximate surface area is 120 Å². The fourth-order valence-electron chi connectivity index (χ4n) is 1.92. The summed E-state index contributed by atoms with van der Waals surface area (Å²) in [6.07, 6.45) is 0.603. The van der Waals surface area contributed by atoms with Gasteiger partial charge in [0.15, 0.2) is 0 Å². The van der Waals surface area contributed by atoms with Crippen LogP contribution in [-0.2, 0) is 21.2 Å². The minimum Gasteiger partial charge on any atom is -0.481 e. The summed E-state index contributed by atoms with van der Waals surface area (Å²) in [7, 11) is -3.56. The molecule has 0 heterocycles. The first-order valence-electron chi connectivity index (χ1n) is 6.59. The minimum absolute atomic E-state index is 0.112. The van der Waals surface area contributed by atoms with Crippen LogP contribution in [0.5, 0.6) is 0 Å². The molecule has 0 spiro atoms. The average Bonchev–Trinajstić information content (AvgIpc) is 2.35. The van der Waals surface area contributed by atoms with E-state index < -0.39 is 16.0 Å². The predicted molar refractivity (Wildman–Crippen MR) is 77.0 cm³/mol. The molecule has 0 aliphatic heterocycles.